The number of hydrogen-bond donors (Lipinski definition) is 6. The van der Waals surface area contributed by atoms with E-state index in [9.17, 15) is 27.9 Å². The first-order valence-electron chi connectivity index (χ1n) is 14.1. The predicted molar refractivity (Wildman–Crippen MR) is 161 cm³/mol. The van der Waals surface area contributed by atoms with Gasteiger partial charge in [0.15, 0.2) is 0 Å². The lowest BCUT2D eigenvalue weighted by atomic mass is 9.84. The first kappa shape index (κ1) is 38.6. The molecule has 2 fully saturated rings. The highest BCUT2D eigenvalue weighted by Crippen LogP contribution is 2.26. The standard InChI is InChI=1S/C26H47N5O6S.2ClH/c1-2-3-4-17-38(36,37)31-23(26(34)35)18-29-24(32)19-30-25(33)22(7-5-20-9-13-27-14-10-20)8-6-21-11-15-28-16-12-21;;/h4,17,20-23,27-28,31H,2-3,5-16,18-19H2,1H3,(H,29,32)(H,30,33)(H,34,35);2*1H. The Labute approximate surface area is 251 Å². The van der Waals surface area contributed by atoms with Crippen LogP contribution in [0.1, 0.15) is 71.1 Å². The fraction of sp³-hybridized carbons (Fsp3) is 0.808. The Morgan fingerprint density at radius 1 is 0.925 bits per heavy atom. The Morgan fingerprint density at radius 3 is 1.93 bits per heavy atom. The third kappa shape index (κ3) is 16.1. The maximum atomic E-state index is 13.0. The number of unbranched alkanes of at least 4 members (excludes halogenated alkanes) is 1. The van der Waals surface area contributed by atoms with Gasteiger partial charge in [0.2, 0.25) is 21.8 Å². The van der Waals surface area contributed by atoms with E-state index in [1.807, 2.05) is 6.92 Å². The predicted octanol–water partition coefficient (Wildman–Crippen LogP) is 1.92. The molecule has 1 atom stereocenters. The largest absolute Gasteiger partial charge is 0.480 e. The van der Waals surface area contributed by atoms with Crippen LogP contribution in [0.15, 0.2) is 11.5 Å². The van der Waals surface area contributed by atoms with Crippen LogP contribution in [0.5, 0.6) is 0 Å². The van der Waals surface area contributed by atoms with E-state index in [0.717, 1.165) is 89.4 Å². The van der Waals surface area contributed by atoms with Crippen LogP contribution in [-0.2, 0) is 24.4 Å². The first-order valence-corrected chi connectivity index (χ1v) is 15.6. The number of amides is 2. The summed E-state index contributed by atoms with van der Waals surface area (Å²) in [6, 6.07) is -1.52. The fourth-order valence-electron chi connectivity index (χ4n) is 4.99. The summed E-state index contributed by atoms with van der Waals surface area (Å²) in [4.78, 5) is 36.9. The minimum atomic E-state index is -3.95. The monoisotopic (exact) mass is 629 g/mol. The second-order valence-corrected chi connectivity index (χ2v) is 12.1. The Hall–Kier alpha value is -1.44. The number of allylic oxidation sites excluding steroid dienone is 1. The van der Waals surface area contributed by atoms with Gasteiger partial charge in [-0.2, -0.15) is 4.72 Å². The highest BCUT2D eigenvalue weighted by atomic mass is 35.5. The van der Waals surface area contributed by atoms with Crippen molar-refractivity contribution in [2.75, 3.05) is 39.3 Å². The van der Waals surface area contributed by atoms with Crippen LogP contribution >= 0.6 is 24.8 Å². The molecule has 0 aromatic heterocycles. The quantitative estimate of drug-likeness (QED) is 0.142. The molecule has 2 rings (SSSR count). The lowest BCUT2D eigenvalue weighted by Crippen LogP contribution is -2.49. The van der Waals surface area contributed by atoms with Crippen molar-refractivity contribution in [2.45, 2.75) is 77.2 Å². The number of piperidine rings is 2. The third-order valence-electron chi connectivity index (χ3n) is 7.40. The second kappa shape index (κ2) is 21.3. The van der Waals surface area contributed by atoms with E-state index in [1.165, 1.54) is 6.08 Å². The Kier molecular flexibility index (Phi) is 20.5. The van der Waals surface area contributed by atoms with Crippen molar-refractivity contribution in [1.29, 1.82) is 0 Å². The maximum Gasteiger partial charge on any atom is 0.323 e. The van der Waals surface area contributed by atoms with Crippen molar-refractivity contribution < 1.29 is 27.9 Å². The molecular weight excluding hydrogens is 581 g/mol. The van der Waals surface area contributed by atoms with Crippen LogP contribution in [0.2, 0.25) is 0 Å². The normalized spacial score (nSPS) is 17.6. The summed E-state index contributed by atoms with van der Waals surface area (Å²) in [5.74, 6) is -1.07. The number of carbonyl (C=O) groups excluding carboxylic acids is 2. The third-order valence-corrected chi connectivity index (χ3v) is 8.56. The molecule has 11 nitrogen and oxygen atoms in total. The van der Waals surface area contributed by atoms with Gasteiger partial charge in [0, 0.05) is 17.9 Å². The van der Waals surface area contributed by atoms with E-state index in [1.54, 1.807) is 0 Å². The van der Waals surface area contributed by atoms with Gasteiger partial charge in [-0.3, -0.25) is 14.4 Å². The smallest absolute Gasteiger partial charge is 0.323 e. The summed E-state index contributed by atoms with van der Waals surface area (Å²) in [5.41, 5.74) is 0. The summed E-state index contributed by atoms with van der Waals surface area (Å²) in [5, 5.41) is 22.2. The zero-order valence-electron chi connectivity index (χ0n) is 23.5. The van der Waals surface area contributed by atoms with E-state index < -0.39 is 34.5 Å². The van der Waals surface area contributed by atoms with Crippen LogP contribution in [0.3, 0.4) is 0 Å². The number of aliphatic carboxylic acids is 1. The molecule has 0 saturated carbocycles. The highest BCUT2D eigenvalue weighted by Gasteiger charge is 2.25. The van der Waals surface area contributed by atoms with E-state index >= 15 is 0 Å². The molecule has 0 aliphatic carbocycles. The van der Waals surface area contributed by atoms with Crippen molar-refractivity contribution in [2.24, 2.45) is 17.8 Å². The molecule has 0 spiro atoms. The van der Waals surface area contributed by atoms with Crippen molar-refractivity contribution in [3.8, 4) is 0 Å². The van der Waals surface area contributed by atoms with Crippen molar-refractivity contribution >= 4 is 52.6 Å². The molecule has 2 amide bonds. The number of carboxylic acids is 1. The number of halogens is 2. The molecule has 1 unspecified atom stereocenters. The molecule has 2 heterocycles. The fourth-order valence-corrected chi connectivity index (χ4v) is 6.04. The van der Waals surface area contributed by atoms with Crippen molar-refractivity contribution in [3.63, 3.8) is 0 Å². The number of nitrogens with one attached hydrogen (secondary N) is 5. The summed E-state index contributed by atoms with van der Waals surface area (Å²) >= 11 is 0. The number of carbonyl (C=O) groups is 3. The molecule has 0 radical (unpaired) electrons. The highest BCUT2D eigenvalue weighted by molar-refractivity contribution is 7.92. The second-order valence-electron chi connectivity index (χ2n) is 10.5. The van der Waals surface area contributed by atoms with E-state index in [0.29, 0.717) is 18.3 Å². The van der Waals surface area contributed by atoms with Crippen molar-refractivity contribution in [3.05, 3.63) is 11.5 Å². The minimum absolute atomic E-state index is 0. The van der Waals surface area contributed by atoms with Gasteiger partial charge in [-0.05, 0) is 95.8 Å². The molecule has 6 N–H and O–H groups in total. The Bertz CT molecular complexity index is 859. The van der Waals surface area contributed by atoms with Gasteiger partial charge < -0.3 is 26.4 Å². The van der Waals surface area contributed by atoms with Crippen molar-refractivity contribution in [1.82, 2.24) is 26.0 Å². The zero-order valence-corrected chi connectivity index (χ0v) is 25.9. The summed E-state index contributed by atoms with van der Waals surface area (Å²) in [7, 11) is -3.95. The summed E-state index contributed by atoms with van der Waals surface area (Å²) in [6.07, 6.45) is 10.8. The summed E-state index contributed by atoms with van der Waals surface area (Å²) < 4.78 is 26.2. The zero-order chi connectivity index (χ0) is 27.8. The molecule has 234 valence electrons. The van der Waals surface area contributed by atoms with E-state index in [4.69, 9.17) is 0 Å². The minimum Gasteiger partial charge on any atom is -0.480 e. The van der Waals surface area contributed by atoms with Crippen LogP contribution in [0.4, 0.5) is 0 Å². The van der Waals surface area contributed by atoms with E-state index in [2.05, 4.69) is 26.0 Å². The maximum absolute atomic E-state index is 13.0. The molecule has 14 heteroatoms. The lowest BCUT2D eigenvalue weighted by Gasteiger charge is -2.27. The van der Waals surface area contributed by atoms with Gasteiger partial charge >= 0.3 is 5.97 Å². The van der Waals surface area contributed by atoms with Crippen LogP contribution in [-0.4, -0.2) is 76.6 Å². The number of rotatable bonds is 17. The van der Waals surface area contributed by atoms with E-state index in [-0.39, 0.29) is 43.2 Å². The topological polar surface area (TPSA) is 166 Å². The molecule has 0 aromatic carbocycles. The van der Waals surface area contributed by atoms with Crippen LogP contribution in [0, 0.1) is 17.8 Å². The molecule has 40 heavy (non-hydrogen) atoms. The Balaban J connectivity index is 0.00000760. The number of hydrogen-bond acceptors (Lipinski definition) is 7. The average molecular weight is 631 g/mol. The molecule has 2 aliphatic heterocycles. The number of sulfonamides is 1. The first-order chi connectivity index (χ1) is 18.2. The van der Waals surface area contributed by atoms with Gasteiger partial charge in [0.25, 0.3) is 0 Å². The van der Waals surface area contributed by atoms with Crippen LogP contribution < -0.4 is 26.0 Å². The molecular formula is C26H49Cl2N5O6S. The Morgan fingerprint density at radius 2 is 1.45 bits per heavy atom. The summed E-state index contributed by atoms with van der Waals surface area (Å²) in [6.45, 7) is 5.23. The van der Waals surface area contributed by atoms with Gasteiger partial charge in [-0.25, -0.2) is 8.42 Å². The SMILES string of the molecule is CCCC=CS(=O)(=O)NC(CNC(=O)CNC(=O)C(CCC1CCNCC1)CCC1CCNCC1)C(=O)O.Cl.Cl. The molecule has 2 saturated heterocycles. The molecule has 0 aromatic rings. The van der Waals surface area contributed by atoms with Crippen LogP contribution in [0.25, 0.3) is 0 Å². The average Bonchev–Trinajstić information content (AvgIpc) is 2.90. The van der Waals surface area contributed by atoms with Gasteiger partial charge in [-0.15, -0.1) is 24.8 Å². The van der Waals surface area contributed by atoms with Gasteiger partial charge in [0.05, 0.1) is 6.54 Å². The lowest BCUT2D eigenvalue weighted by molar-refractivity contribution is -0.139. The number of carboxylic acid groups (broad SMARTS) is 1. The van der Waals surface area contributed by atoms with Gasteiger partial charge in [0.1, 0.15) is 6.04 Å². The van der Waals surface area contributed by atoms with Gasteiger partial charge in [-0.1, -0.05) is 19.4 Å². The molecule has 0 bridgehead atoms. The molecule has 2 aliphatic rings.